The van der Waals surface area contributed by atoms with Crippen LogP contribution in [0.25, 0.3) is 0 Å². The highest BCUT2D eigenvalue weighted by Crippen LogP contribution is 2.09. The number of hydrogen-bond donors (Lipinski definition) is 1. The molecule has 5 nitrogen and oxygen atoms in total. The van der Waals surface area contributed by atoms with E-state index in [1.54, 1.807) is 4.90 Å². The molecule has 1 amide bonds. The summed E-state index contributed by atoms with van der Waals surface area (Å²) in [6, 6.07) is -0.115. The topological polar surface area (TPSA) is 58.6 Å². The first-order valence-electron chi connectivity index (χ1n) is 5.78. The van der Waals surface area contributed by atoms with Gasteiger partial charge in [0.2, 0.25) is 5.91 Å². The van der Waals surface area contributed by atoms with Crippen molar-refractivity contribution in [1.82, 2.24) is 10.2 Å². The Morgan fingerprint density at radius 1 is 1.50 bits per heavy atom. The van der Waals surface area contributed by atoms with Crippen molar-refractivity contribution in [2.75, 3.05) is 26.7 Å². The molecule has 1 saturated heterocycles. The molecular formula is C11H20N2O3. The molecular weight excluding hydrogens is 208 g/mol. The minimum atomic E-state index is -0.361. The van der Waals surface area contributed by atoms with Crippen LogP contribution in [0.15, 0.2) is 0 Å². The molecule has 0 aromatic heterocycles. The zero-order valence-electron chi connectivity index (χ0n) is 9.99. The number of rotatable bonds is 5. The third-order valence-corrected chi connectivity index (χ3v) is 2.71. The molecule has 1 aliphatic rings. The molecule has 0 radical (unpaired) electrons. The van der Waals surface area contributed by atoms with Gasteiger partial charge in [0.15, 0.2) is 0 Å². The second kappa shape index (κ2) is 6.48. The minimum absolute atomic E-state index is 0.0183. The van der Waals surface area contributed by atoms with Crippen LogP contribution < -0.4 is 5.32 Å². The normalized spacial score (nSPS) is 19.5. The average Bonchev–Trinajstić information content (AvgIpc) is 2.80. The molecule has 1 N–H and O–H groups in total. The Labute approximate surface area is 96.1 Å². The number of ether oxygens (including phenoxy) is 1. The SMILES string of the molecule is CCCN(CC(=O)OC)C(=O)[C@H]1CCCN1. The Morgan fingerprint density at radius 2 is 2.25 bits per heavy atom. The van der Waals surface area contributed by atoms with Crippen molar-refractivity contribution < 1.29 is 14.3 Å². The minimum Gasteiger partial charge on any atom is -0.468 e. The number of esters is 1. The van der Waals surface area contributed by atoms with E-state index in [0.717, 1.165) is 25.8 Å². The summed E-state index contributed by atoms with van der Waals surface area (Å²) < 4.78 is 4.59. The van der Waals surface area contributed by atoms with Crippen molar-refractivity contribution >= 4 is 11.9 Å². The van der Waals surface area contributed by atoms with Gasteiger partial charge in [-0.1, -0.05) is 6.92 Å². The fourth-order valence-corrected chi connectivity index (χ4v) is 1.87. The largest absolute Gasteiger partial charge is 0.468 e. The quantitative estimate of drug-likeness (QED) is 0.680. The number of amides is 1. The van der Waals surface area contributed by atoms with Crippen molar-refractivity contribution in [3.8, 4) is 0 Å². The van der Waals surface area contributed by atoms with E-state index in [1.807, 2.05) is 6.92 Å². The van der Waals surface area contributed by atoms with Crippen LogP contribution in [0.1, 0.15) is 26.2 Å². The molecule has 1 aliphatic heterocycles. The van der Waals surface area contributed by atoms with Gasteiger partial charge >= 0.3 is 5.97 Å². The maximum Gasteiger partial charge on any atom is 0.325 e. The Bertz CT molecular complexity index is 250. The molecule has 5 heteroatoms. The molecule has 0 aromatic carbocycles. The first-order chi connectivity index (χ1) is 7.69. The van der Waals surface area contributed by atoms with Crippen LogP contribution in [-0.4, -0.2) is 49.6 Å². The number of methoxy groups -OCH3 is 1. The molecule has 0 aliphatic carbocycles. The Kier molecular flexibility index (Phi) is 5.25. The molecule has 92 valence electrons. The van der Waals surface area contributed by atoms with E-state index in [0.29, 0.717) is 6.54 Å². The van der Waals surface area contributed by atoms with E-state index in [-0.39, 0.29) is 24.5 Å². The summed E-state index contributed by atoms with van der Waals surface area (Å²) in [7, 11) is 1.34. The molecule has 0 spiro atoms. The van der Waals surface area contributed by atoms with Gasteiger partial charge in [0.1, 0.15) is 6.54 Å². The smallest absolute Gasteiger partial charge is 0.325 e. The van der Waals surface area contributed by atoms with Crippen molar-refractivity contribution in [2.24, 2.45) is 0 Å². The van der Waals surface area contributed by atoms with E-state index >= 15 is 0 Å². The standard InChI is InChI=1S/C11H20N2O3/c1-3-7-13(8-10(14)16-2)11(15)9-5-4-6-12-9/h9,12H,3-8H2,1-2H3/t9-/m1/s1. The second-order valence-corrected chi connectivity index (χ2v) is 3.98. The molecule has 1 atom stereocenters. The molecule has 0 aromatic rings. The van der Waals surface area contributed by atoms with Gasteiger partial charge in [-0.15, -0.1) is 0 Å². The van der Waals surface area contributed by atoms with E-state index < -0.39 is 0 Å². The number of nitrogens with zero attached hydrogens (tertiary/aromatic N) is 1. The lowest BCUT2D eigenvalue weighted by atomic mass is 10.2. The highest BCUT2D eigenvalue weighted by Gasteiger charge is 2.27. The van der Waals surface area contributed by atoms with Crippen molar-refractivity contribution in [2.45, 2.75) is 32.2 Å². The summed E-state index contributed by atoms with van der Waals surface area (Å²) in [6.07, 6.45) is 2.73. The van der Waals surface area contributed by atoms with E-state index in [9.17, 15) is 9.59 Å². The Morgan fingerprint density at radius 3 is 2.75 bits per heavy atom. The highest BCUT2D eigenvalue weighted by molar-refractivity contribution is 5.86. The van der Waals surface area contributed by atoms with Gasteiger partial charge < -0.3 is 15.0 Å². The van der Waals surface area contributed by atoms with Crippen LogP contribution in [0.4, 0.5) is 0 Å². The number of carbonyl (C=O) groups excluding carboxylic acids is 2. The lowest BCUT2D eigenvalue weighted by Gasteiger charge is -2.24. The highest BCUT2D eigenvalue weighted by atomic mass is 16.5. The molecule has 1 fully saturated rings. The van der Waals surface area contributed by atoms with Crippen molar-refractivity contribution in [1.29, 1.82) is 0 Å². The second-order valence-electron chi connectivity index (χ2n) is 3.98. The van der Waals surface area contributed by atoms with E-state index in [1.165, 1.54) is 7.11 Å². The van der Waals surface area contributed by atoms with Crippen LogP contribution in [0.5, 0.6) is 0 Å². The van der Waals surface area contributed by atoms with Gasteiger partial charge in [0.05, 0.1) is 13.2 Å². The van der Waals surface area contributed by atoms with Gasteiger partial charge in [-0.2, -0.15) is 0 Å². The molecule has 16 heavy (non-hydrogen) atoms. The third kappa shape index (κ3) is 3.48. The Hall–Kier alpha value is -1.10. The predicted molar refractivity (Wildman–Crippen MR) is 59.9 cm³/mol. The maximum atomic E-state index is 12.0. The third-order valence-electron chi connectivity index (χ3n) is 2.71. The number of hydrogen-bond acceptors (Lipinski definition) is 4. The monoisotopic (exact) mass is 228 g/mol. The van der Waals surface area contributed by atoms with Gasteiger partial charge in [0, 0.05) is 6.54 Å². The van der Waals surface area contributed by atoms with Crippen LogP contribution in [0, 0.1) is 0 Å². The predicted octanol–water partition coefficient (Wildman–Crippen LogP) is 0.150. The van der Waals surface area contributed by atoms with E-state index in [2.05, 4.69) is 10.1 Å². The summed E-state index contributed by atoms with van der Waals surface area (Å²) in [5.41, 5.74) is 0. The van der Waals surface area contributed by atoms with Crippen LogP contribution in [0.3, 0.4) is 0 Å². The first-order valence-corrected chi connectivity index (χ1v) is 5.78. The summed E-state index contributed by atoms with van der Waals surface area (Å²) in [6.45, 7) is 3.53. The fraction of sp³-hybridized carbons (Fsp3) is 0.818. The fourth-order valence-electron chi connectivity index (χ4n) is 1.87. The maximum absolute atomic E-state index is 12.0. The number of nitrogens with one attached hydrogen (secondary N) is 1. The van der Waals surface area contributed by atoms with Gasteiger partial charge in [-0.25, -0.2) is 0 Å². The summed E-state index contributed by atoms with van der Waals surface area (Å²) in [5, 5.41) is 3.14. The summed E-state index contributed by atoms with van der Waals surface area (Å²) >= 11 is 0. The van der Waals surface area contributed by atoms with Crippen LogP contribution in [-0.2, 0) is 14.3 Å². The van der Waals surface area contributed by atoms with Gasteiger partial charge in [-0.3, -0.25) is 9.59 Å². The zero-order chi connectivity index (χ0) is 12.0. The Balaban J connectivity index is 2.53. The van der Waals surface area contributed by atoms with Gasteiger partial charge in [0.25, 0.3) is 0 Å². The lowest BCUT2D eigenvalue weighted by Crippen LogP contribution is -2.46. The van der Waals surface area contributed by atoms with Crippen LogP contribution >= 0.6 is 0 Å². The lowest BCUT2D eigenvalue weighted by molar-refractivity contribution is -0.147. The van der Waals surface area contributed by atoms with E-state index in [4.69, 9.17) is 0 Å². The van der Waals surface area contributed by atoms with Crippen molar-refractivity contribution in [3.63, 3.8) is 0 Å². The zero-order valence-corrected chi connectivity index (χ0v) is 9.99. The van der Waals surface area contributed by atoms with Gasteiger partial charge in [-0.05, 0) is 25.8 Å². The van der Waals surface area contributed by atoms with Crippen molar-refractivity contribution in [3.05, 3.63) is 0 Å². The first kappa shape index (κ1) is 13.0. The molecule has 1 heterocycles. The number of carbonyl (C=O) groups is 2. The summed E-state index contributed by atoms with van der Waals surface area (Å²) in [4.78, 5) is 24.8. The molecule has 1 rings (SSSR count). The molecule has 0 bridgehead atoms. The molecule has 0 saturated carbocycles. The van der Waals surface area contributed by atoms with Crippen LogP contribution in [0.2, 0.25) is 0 Å². The molecule has 0 unspecified atom stereocenters. The average molecular weight is 228 g/mol. The summed E-state index contributed by atoms with van der Waals surface area (Å²) in [5.74, 6) is -0.343.